The van der Waals surface area contributed by atoms with Gasteiger partial charge in [-0.1, -0.05) is 5.16 Å². The Labute approximate surface area is 123 Å². The van der Waals surface area contributed by atoms with Crippen LogP contribution < -0.4 is 5.32 Å². The molecule has 0 aromatic carbocycles. The molecule has 2 aromatic rings. The van der Waals surface area contributed by atoms with E-state index in [1.54, 1.807) is 13.0 Å². The lowest BCUT2D eigenvalue weighted by molar-refractivity contribution is -0.116. The third-order valence-electron chi connectivity index (χ3n) is 2.47. The molecular weight excluding hydrogens is 330 g/mol. The van der Waals surface area contributed by atoms with Gasteiger partial charge < -0.3 is 19.2 Å². The predicted molar refractivity (Wildman–Crippen MR) is 73.2 cm³/mol. The van der Waals surface area contributed by atoms with Gasteiger partial charge in [-0.25, -0.2) is 0 Å². The monoisotopic (exact) mass is 341 g/mol. The molecule has 0 bridgehead atoms. The SMILES string of the molecule is Cc1cc(NC(=O)CN(C)C(=O)c2ccoc2Br)no1. The van der Waals surface area contributed by atoms with E-state index in [0.29, 0.717) is 21.8 Å². The van der Waals surface area contributed by atoms with Crippen LogP contribution in [0, 0.1) is 6.92 Å². The molecule has 2 rings (SSSR count). The second kappa shape index (κ2) is 5.91. The molecule has 0 aliphatic carbocycles. The molecule has 8 heteroatoms. The van der Waals surface area contributed by atoms with E-state index in [0.717, 1.165) is 0 Å². The van der Waals surface area contributed by atoms with Gasteiger partial charge in [0, 0.05) is 13.1 Å². The van der Waals surface area contributed by atoms with Crippen molar-refractivity contribution >= 4 is 33.6 Å². The van der Waals surface area contributed by atoms with Gasteiger partial charge in [0.25, 0.3) is 5.91 Å². The molecule has 0 atom stereocenters. The second-order valence-corrected chi connectivity index (χ2v) is 4.86. The maximum atomic E-state index is 12.0. The number of carbonyl (C=O) groups excluding carboxylic acids is 2. The molecule has 2 aromatic heterocycles. The van der Waals surface area contributed by atoms with Crippen LogP contribution in [0.4, 0.5) is 5.82 Å². The van der Waals surface area contributed by atoms with Crippen LogP contribution in [0.2, 0.25) is 0 Å². The number of aromatic nitrogens is 1. The van der Waals surface area contributed by atoms with E-state index in [-0.39, 0.29) is 18.4 Å². The molecule has 0 aliphatic rings. The van der Waals surface area contributed by atoms with Gasteiger partial charge in [-0.15, -0.1) is 0 Å². The lowest BCUT2D eigenvalue weighted by Gasteiger charge is -2.15. The van der Waals surface area contributed by atoms with Gasteiger partial charge in [0.2, 0.25) is 5.91 Å². The van der Waals surface area contributed by atoms with Gasteiger partial charge in [0.1, 0.15) is 5.76 Å². The van der Waals surface area contributed by atoms with Crippen molar-refractivity contribution in [3.63, 3.8) is 0 Å². The fraction of sp³-hybridized carbons (Fsp3) is 0.250. The summed E-state index contributed by atoms with van der Waals surface area (Å²) < 4.78 is 10.1. The van der Waals surface area contributed by atoms with Crippen LogP contribution in [0.25, 0.3) is 0 Å². The average molecular weight is 342 g/mol. The van der Waals surface area contributed by atoms with E-state index in [9.17, 15) is 9.59 Å². The van der Waals surface area contributed by atoms with Gasteiger partial charge in [-0.05, 0) is 28.9 Å². The normalized spacial score (nSPS) is 10.3. The molecule has 106 valence electrons. The topological polar surface area (TPSA) is 88.6 Å². The number of likely N-dealkylation sites (N-methyl/N-ethyl adjacent to an activating group) is 1. The predicted octanol–water partition coefficient (Wildman–Crippen LogP) is 2.05. The number of rotatable bonds is 4. The van der Waals surface area contributed by atoms with E-state index in [1.807, 2.05) is 0 Å². The van der Waals surface area contributed by atoms with Crippen LogP contribution >= 0.6 is 15.9 Å². The Morgan fingerprint density at radius 2 is 2.25 bits per heavy atom. The third-order valence-corrected chi connectivity index (χ3v) is 3.09. The highest BCUT2D eigenvalue weighted by Gasteiger charge is 2.19. The summed E-state index contributed by atoms with van der Waals surface area (Å²) in [5.41, 5.74) is 0.359. The van der Waals surface area contributed by atoms with Crippen molar-refractivity contribution in [3.8, 4) is 0 Å². The van der Waals surface area contributed by atoms with E-state index >= 15 is 0 Å². The smallest absolute Gasteiger partial charge is 0.258 e. The van der Waals surface area contributed by atoms with E-state index in [2.05, 4.69) is 26.4 Å². The van der Waals surface area contributed by atoms with Gasteiger partial charge in [0.05, 0.1) is 18.4 Å². The molecule has 1 N–H and O–H groups in total. The number of furan rings is 1. The highest BCUT2D eigenvalue weighted by Crippen LogP contribution is 2.18. The van der Waals surface area contributed by atoms with Gasteiger partial charge in [-0.3, -0.25) is 9.59 Å². The quantitative estimate of drug-likeness (QED) is 0.919. The Bertz CT molecular complexity index is 634. The molecule has 2 amide bonds. The van der Waals surface area contributed by atoms with Gasteiger partial charge in [0.15, 0.2) is 10.5 Å². The number of hydrogen-bond donors (Lipinski definition) is 1. The summed E-state index contributed by atoms with van der Waals surface area (Å²) in [6.07, 6.45) is 1.39. The number of anilines is 1. The molecule has 0 spiro atoms. The van der Waals surface area contributed by atoms with Crippen molar-refractivity contribution in [1.29, 1.82) is 0 Å². The molecule has 0 saturated heterocycles. The molecule has 0 aliphatic heterocycles. The molecular formula is C12H12BrN3O4. The lowest BCUT2D eigenvalue weighted by Crippen LogP contribution is -2.34. The standard InChI is InChI=1S/C12H12BrN3O4/c1-7-5-9(15-20-7)14-10(17)6-16(2)12(18)8-3-4-19-11(8)13/h3-5H,6H2,1-2H3,(H,14,15,17). The van der Waals surface area contributed by atoms with Crippen molar-refractivity contribution in [2.24, 2.45) is 0 Å². The van der Waals surface area contributed by atoms with Crippen LogP contribution in [0.3, 0.4) is 0 Å². The number of amides is 2. The van der Waals surface area contributed by atoms with Crippen molar-refractivity contribution < 1.29 is 18.5 Å². The van der Waals surface area contributed by atoms with Gasteiger partial charge >= 0.3 is 0 Å². The number of hydrogen-bond acceptors (Lipinski definition) is 5. The summed E-state index contributed by atoms with van der Waals surface area (Å²) in [5.74, 6) is 0.218. The largest absolute Gasteiger partial charge is 0.457 e. The maximum Gasteiger partial charge on any atom is 0.258 e. The minimum absolute atomic E-state index is 0.109. The number of aryl methyl sites for hydroxylation is 1. The molecule has 0 radical (unpaired) electrons. The van der Waals surface area contributed by atoms with Crippen LogP contribution in [0.1, 0.15) is 16.1 Å². The Morgan fingerprint density at radius 1 is 1.50 bits per heavy atom. The van der Waals surface area contributed by atoms with Crippen LogP contribution in [-0.4, -0.2) is 35.5 Å². The molecule has 7 nitrogen and oxygen atoms in total. The van der Waals surface area contributed by atoms with Crippen LogP contribution in [-0.2, 0) is 4.79 Å². The molecule has 0 saturated carbocycles. The summed E-state index contributed by atoms with van der Waals surface area (Å²) in [6, 6.07) is 3.12. The zero-order valence-electron chi connectivity index (χ0n) is 10.8. The first-order valence-electron chi connectivity index (χ1n) is 5.69. The Kier molecular flexibility index (Phi) is 4.23. The van der Waals surface area contributed by atoms with Crippen molar-refractivity contribution in [2.75, 3.05) is 18.9 Å². The maximum absolute atomic E-state index is 12.0. The summed E-state index contributed by atoms with van der Waals surface area (Å²) in [7, 11) is 1.52. The first kappa shape index (κ1) is 14.3. The highest BCUT2D eigenvalue weighted by atomic mass is 79.9. The lowest BCUT2D eigenvalue weighted by atomic mass is 10.3. The van der Waals surface area contributed by atoms with Crippen LogP contribution in [0.15, 0.2) is 32.0 Å². The minimum atomic E-state index is -0.367. The number of carbonyl (C=O) groups is 2. The summed E-state index contributed by atoms with van der Waals surface area (Å²) in [4.78, 5) is 25.1. The summed E-state index contributed by atoms with van der Waals surface area (Å²) >= 11 is 3.12. The fourth-order valence-electron chi connectivity index (χ4n) is 1.55. The molecule has 0 fully saturated rings. The highest BCUT2D eigenvalue weighted by molar-refractivity contribution is 9.10. The zero-order valence-corrected chi connectivity index (χ0v) is 12.4. The van der Waals surface area contributed by atoms with Crippen LogP contribution in [0.5, 0.6) is 0 Å². The van der Waals surface area contributed by atoms with Crippen molar-refractivity contribution in [1.82, 2.24) is 10.1 Å². The summed E-state index contributed by atoms with van der Waals surface area (Å²) in [5, 5.41) is 6.17. The Balaban J connectivity index is 1.94. The fourth-order valence-corrected chi connectivity index (χ4v) is 1.96. The van der Waals surface area contributed by atoms with Crippen molar-refractivity contribution in [2.45, 2.75) is 6.92 Å². The van der Waals surface area contributed by atoms with E-state index < -0.39 is 0 Å². The molecule has 2 heterocycles. The number of halogens is 1. The summed E-state index contributed by atoms with van der Waals surface area (Å²) in [6.45, 7) is 1.61. The Morgan fingerprint density at radius 3 is 2.80 bits per heavy atom. The second-order valence-electron chi connectivity index (χ2n) is 4.14. The first-order valence-corrected chi connectivity index (χ1v) is 6.48. The average Bonchev–Trinajstić information content (AvgIpc) is 2.97. The van der Waals surface area contributed by atoms with E-state index in [4.69, 9.17) is 8.94 Å². The minimum Gasteiger partial charge on any atom is -0.457 e. The number of nitrogens with one attached hydrogen (secondary N) is 1. The zero-order chi connectivity index (χ0) is 14.7. The molecule has 20 heavy (non-hydrogen) atoms. The first-order chi connectivity index (χ1) is 9.47. The third kappa shape index (κ3) is 3.27. The Hall–Kier alpha value is -2.09. The van der Waals surface area contributed by atoms with E-state index in [1.165, 1.54) is 24.3 Å². The number of nitrogens with zero attached hydrogens (tertiary/aromatic N) is 2. The van der Waals surface area contributed by atoms with Crippen molar-refractivity contribution in [3.05, 3.63) is 34.4 Å². The van der Waals surface area contributed by atoms with Gasteiger partial charge in [-0.2, -0.15) is 0 Å². The molecule has 0 unspecified atom stereocenters.